The van der Waals surface area contributed by atoms with Gasteiger partial charge < -0.3 is 45.0 Å². The number of aliphatic hydroxyl groups is 2. The van der Waals surface area contributed by atoms with Gasteiger partial charge >= 0.3 is 135 Å². The van der Waals surface area contributed by atoms with Gasteiger partial charge in [-0.2, -0.15) is 24.4 Å². The Bertz CT molecular complexity index is 2390. The number of hydrogen-bond donors (Lipinski definition) is 3. The molecule has 0 aliphatic rings. The molecule has 17 nitrogen and oxygen atoms in total. The van der Waals surface area contributed by atoms with E-state index in [1.807, 2.05) is 65.8 Å². The standard InChI is InChI=1S/C23H29O6PS.C21H23O5P.C4H8O2.C2H6OS.CH2O3.2K.H/c1-17-15-18(2)22(19(3)16-17)23(26)30(27,20-7-5-4-6-8-20)29-12-11-28-21(25)9-13-31-14-10-24;1-5-19(22)25-11-12-26-27(24,18-9-7-6-8-10-18)21(23)20-16(3)13-15(2)14-17(20)4;1-3-6-4(2)5;3-1-2-4;2-1-4-3;;;/h4-8,15-16,24H,9-14H2,1-3H3;5-10,13-14H,1,11-12H2,2-4H3;3H2,1-2H3;3-4H,1-2H2;1,3H;;;/q;;;;;2*+1;-1/p-1. The molecule has 0 saturated heterocycles. The fourth-order valence-corrected chi connectivity index (χ4v) is 11.1. The topological polar surface area (TPSA) is 255 Å². The van der Waals surface area contributed by atoms with Gasteiger partial charge in [0.1, 0.15) is 13.2 Å². The summed E-state index contributed by atoms with van der Waals surface area (Å²) in [4.78, 5) is 70.7. The Hall–Kier alpha value is -1.93. The van der Waals surface area contributed by atoms with E-state index in [1.54, 1.807) is 67.6 Å². The molecule has 74 heavy (non-hydrogen) atoms. The van der Waals surface area contributed by atoms with E-state index < -0.39 is 37.7 Å². The van der Waals surface area contributed by atoms with Gasteiger partial charge in [-0.1, -0.05) is 78.4 Å². The number of hydrogen-bond acceptors (Lipinski definition) is 19. The molecular weight excluding hydrogens is 1090 g/mol. The molecule has 0 amide bonds. The molecule has 2 N–H and O–H groups in total. The smallest absolute Gasteiger partial charge is 1.00 e. The van der Waals surface area contributed by atoms with Crippen LogP contribution < -0.4 is 119 Å². The molecule has 0 saturated carbocycles. The maximum atomic E-state index is 13.9. The number of rotatable bonds is 23. The number of thiol groups is 1. The molecule has 0 radical (unpaired) electrons. The van der Waals surface area contributed by atoms with Crippen LogP contribution in [0.15, 0.2) is 97.6 Å². The first-order valence-electron chi connectivity index (χ1n) is 22.3. The van der Waals surface area contributed by atoms with Crippen LogP contribution in [-0.4, -0.2) is 109 Å². The second-order valence-corrected chi connectivity index (χ2v) is 21.1. The fourth-order valence-electron chi connectivity index (χ4n) is 6.36. The molecule has 0 heterocycles. The van der Waals surface area contributed by atoms with Crippen molar-refractivity contribution in [3.05, 3.63) is 142 Å². The molecule has 0 aromatic heterocycles. The maximum absolute atomic E-state index is 13.9. The van der Waals surface area contributed by atoms with Gasteiger partial charge in [0.15, 0.2) is 0 Å². The first-order chi connectivity index (χ1) is 34.2. The molecule has 4 aromatic carbocycles. The predicted molar refractivity (Wildman–Crippen MR) is 282 cm³/mol. The second-order valence-electron chi connectivity index (χ2n) is 14.8. The van der Waals surface area contributed by atoms with E-state index in [2.05, 4.69) is 28.8 Å². The van der Waals surface area contributed by atoms with Crippen LogP contribution in [0.5, 0.6) is 0 Å². The first kappa shape index (κ1) is 76.3. The van der Waals surface area contributed by atoms with E-state index in [1.165, 1.54) is 18.7 Å². The van der Waals surface area contributed by atoms with Crippen molar-refractivity contribution >= 4 is 85.2 Å². The summed E-state index contributed by atoms with van der Waals surface area (Å²) in [5, 5.41) is 25.6. The van der Waals surface area contributed by atoms with E-state index in [0.29, 0.717) is 45.6 Å². The molecular formula is C51H68K2O17P2S2. The van der Waals surface area contributed by atoms with Gasteiger partial charge in [-0.15, -0.1) is 0 Å². The Morgan fingerprint density at radius 2 is 1.05 bits per heavy atom. The third-order valence-electron chi connectivity index (χ3n) is 9.07. The summed E-state index contributed by atoms with van der Waals surface area (Å²) in [6.07, 6.45) is 1.24. The summed E-state index contributed by atoms with van der Waals surface area (Å²) in [6, 6.07) is 24.3. The molecule has 398 valence electrons. The first-order valence-corrected chi connectivity index (χ1v) is 27.3. The third-order valence-corrected chi connectivity index (χ3v) is 14.8. The van der Waals surface area contributed by atoms with Crippen molar-refractivity contribution in [3.63, 3.8) is 0 Å². The minimum atomic E-state index is -3.91. The van der Waals surface area contributed by atoms with Crippen LogP contribution in [0.1, 0.15) is 75.8 Å². The molecule has 2 atom stereocenters. The zero-order chi connectivity index (χ0) is 54.7. The summed E-state index contributed by atoms with van der Waals surface area (Å²) >= 11 is 5.13. The van der Waals surface area contributed by atoms with Gasteiger partial charge in [0.25, 0.3) is 17.5 Å². The molecule has 0 bridgehead atoms. The minimum Gasteiger partial charge on any atom is -1.00 e. The van der Waals surface area contributed by atoms with Crippen LogP contribution in [0.2, 0.25) is 0 Å². The maximum Gasteiger partial charge on any atom is 1.00 e. The van der Waals surface area contributed by atoms with E-state index in [4.69, 9.17) is 38.8 Å². The van der Waals surface area contributed by atoms with Crippen LogP contribution in [0.4, 0.5) is 0 Å². The van der Waals surface area contributed by atoms with Crippen molar-refractivity contribution in [3.8, 4) is 0 Å². The number of ether oxygens (including phenoxy) is 3. The number of thioether (sulfide) groups is 1. The molecule has 0 spiro atoms. The molecule has 2 unspecified atom stereocenters. The third kappa shape index (κ3) is 29.2. The molecule has 4 rings (SSSR count). The molecule has 0 aliphatic heterocycles. The Kier molecular flexibility index (Phi) is 45.4. The predicted octanol–water partition coefficient (Wildman–Crippen LogP) is 1.17. The van der Waals surface area contributed by atoms with E-state index in [-0.39, 0.29) is 163 Å². The fraction of sp³-hybridized carbons (Fsp3) is 0.373. The van der Waals surface area contributed by atoms with Gasteiger partial charge in [-0.05, 0) is 95.0 Å². The number of carbonyl (C=O) groups is 6. The Labute approximate surface area is 531 Å². The van der Waals surface area contributed by atoms with Crippen LogP contribution in [0, 0.1) is 41.5 Å². The van der Waals surface area contributed by atoms with E-state index in [0.717, 1.165) is 39.5 Å². The monoisotopic (exact) mass is 1160 g/mol. The van der Waals surface area contributed by atoms with Gasteiger partial charge in [0.05, 0.1) is 39.5 Å². The van der Waals surface area contributed by atoms with Crippen LogP contribution in [-0.2, 0) is 56.5 Å². The minimum absolute atomic E-state index is 0. The van der Waals surface area contributed by atoms with Gasteiger partial charge in [-0.25, -0.2) is 4.79 Å². The average molecular weight is 1160 g/mol. The average Bonchev–Trinajstić information content (AvgIpc) is 3.35. The zero-order valence-corrected chi connectivity index (χ0v) is 53.7. The molecule has 23 heteroatoms. The SMILES string of the molecule is C=CC(=O)OCCOP(=O)(C(=O)c1c(C)cc(C)cc1C)c1ccccc1.CCOC(C)=O.Cc1cc(C)c(C(=O)P(=O)(OCCOC(=O)CCSCCO)c2ccccc2)c(C)c1.O=CO[O-].OCCS.[H-].[K+].[K+]. The Balaban J connectivity index is -0.000000521. The largest absolute Gasteiger partial charge is 1.00 e. The molecule has 0 fully saturated rings. The van der Waals surface area contributed by atoms with Crippen LogP contribution >= 0.6 is 39.1 Å². The molecule has 0 aliphatic carbocycles. The summed E-state index contributed by atoms with van der Waals surface area (Å²) in [5.74, 6) is 0.464. The van der Waals surface area contributed by atoms with Crippen LogP contribution in [0.3, 0.4) is 0 Å². The van der Waals surface area contributed by atoms with Gasteiger partial charge in [0.2, 0.25) is 0 Å². The number of benzene rings is 4. The number of aliphatic hydroxyl groups excluding tert-OH is 2. The zero-order valence-electron chi connectivity index (χ0n) is 45.0. The van der Waals surface area contributed by atoms with Crippen molar-refractivity contribution in [2.75, 3.05) is 63.5 Å². The van der Waals surface area contributed by atoms with Gasteiger partial charge in [0, 0.05) is 52.0 Å². The molecule has 4 aromatic rings. The number of carbonyl (C=O) groups excluding carboxylic acids is 6. The number of esters is 3. The van der Waals surface area contributed by atoms with Crippen molar-refractivity contribution in [2.45, 2.75) is 61.8 Å². The Morgan fingerprint density at radius 1 is 0.676 bits per heavy atom. The van der Waals surface area contributed by atoms with Crippen LogP contribution in [0.25, 0.3) is 0 Å². The van der Waals surface area contributed by atoms with E-state index in [9.17, 15) is 33.1 Å². The Morgan fingerprint density at radius 3 is 1.35 bits per heavy atom. The summed E-state index contributed by atoms with van der Waals surface area (Å²) in [7, 11) is -7.78. The van der Waals surface area contributed by atoms with Crippen molar-refractivity contribution in [1.82, 2.24) is 0 Å². The number of aryl methyl sites for hydroxylation is 6. The van der Waals surface area contributed by atoms with Gasteiger partial charge in [-0.3, -0.25) is 33.1 Å². The van der Waals surface area contributed by atoms with Crippen molar-refractivity contribution < 1.29 is 186 Å². The van der Waals surface area contributed by atoms with Crippen molar-refractivity contribution in [1.29, 1.82) is 0 Å². The quantitative estimate of drug-likeness (QED) is 0.00900. The summed E-state index contributed by atoms with van der Waals surface area (Å²) in [5.41, 5.74) is 4.71. The summed E-state index contributed by atoms with van der Waals surface area (Å²) in [6.45, 7) is 17.6. The summed E-state index contributed by atoms with van der Waals surface area (Å²) < 4.78 is 53.1. The van der Waals surface area contributed by atoms with Crippen molar-refractivity contribution in [2.24, 2.45) is 0 Å². The second kappa shape index (κ2) is 44.0. The van der Waals surface area contributed by atoms with E-state index >= 15 is 0 Å². The normalized spacial score (nSPS) is 11.4.